The predicted molar refractivity (Wildman–Crippen MR) is 114 cm³/mol. The van der Waals surface area contributed by atoms with Gasteiger partial charge < -0.3 is 15.5 Å². The van der Waals surface area contributed by atoms with E-state index in [0.717, 1.165) is 60.0 Å². The summed E-state index contributed by atoms with van der Waals surface area (Å²) in [7, 11) is 0. The largest absolute Gasteiger partial charge is 0.368 e. The number of nitrogens with zero attached hydrogens (tertiary/aromatic N) is 6. The molecule has 4 aromatic heterocycles. The molecule has 4 aromatic rings. The zero-order valence-corrected chi connectivity index (χ0v) is 16.2. The van der Waals surface area contributed by atoms with E-state index >= 15 is 0 Å². The van der Waals surface area contributed by atoms with E-state index in [0.29, 0.717) is 5.95 Å². The molecule has 0 radical (unpaired) electrons. The van der Waals surface area contributed by atoms with Gasteiger partial charge in [0.25, 0.3) is 0 Å². The highest BCUT2D eigenvalue weighted by Gasteiger charge is 2.13. The Labute approximate surface area is 168 Å². The van der Waals surface area contributed by atoms with Gasteiger partial charge in [-0.1, -0.05) is 0 Å². The first-order valence-electron chi connectivity index (χ1n) is 9.72. The molecule has 5 heterocycles. The average molecular weight is 386 g/mol. The zero-order valence-electron chi connectivity index (χ0n) is 16.2. The van der Waals surface area contributed by atoms with Gasteiger partial charge in [-0.2, -0.15) is 4.98 Å². The number of rotatable bonds is 4. The van der Waals surface area contributed by atoms with Gasteiger partial charge in [-0.25, -0.2) is 9.97 Å². The highest BCUT2D eigenvalue weighted by Crippen LogP contribution is 2.24. The summed E-state index contributed by atoms with van der Waals surface area (Å²) in [5, 5.41) is 7.60. The fraction of sp³-hybridized carbons (Fsp3) is 0.238. The van der Waals surface area contributed by atoms with Crippen molar-refractivity contribution >= 4 is 28.5 Å². The van der Waals surface area contributed by atoms with Crippen molar-refractivity contribution in [2.24, 2.45) is 0 Å². The smallest absolute Gasteiger partial charge is 0.230 e. The lowest BCUT2D eigenvalue weighted by atomic mass is 10.3. The molecular weight excluding hydrogens is 364 g/mol. The van der Waals surface area contributed by atoms with Gasteiger partial charge in [0, 0.05) is 50.2 Å². The number of pyridine rings is 2. The van der Waals surface area contributed by atoms with Crippen LogP contribution in [0.2, 0.25) is 0 Å². The predicted octanol–water partition coefficient (Wildman–Crippen LogP) is 2.67. The molecule has 1 aliphatic heterocycles. The number of hydrogen-bond donors (Lipinski definition) is 2. The van der Waals surface area contributed by atoms with Crippen LogP contribution in [0.15, 0.2) is 55.2 Å². The van der Waals surface area contributed by atoms with Crippen molar-refractivity contribution in [1.29, 1.82) is 0 Å². The second kappa shape index (κ2) is 7.48. The van der Waals surface area contributed by atoms with E-state index in [1.165, 1.54) is 0 Å². The van der Waals surface area contributed by atoms with Crippen molar-refractivity contribution < 1.29 is 0 Å². The lowest BCUT2D eigenvalue weighted by Crippen LogP contribution is -2.43. The van der Waals surface area contributed by atoms with Gasteiger partial charge in [0.1, 0.15) is 11.5 Å². The van der Waals surface area contributed by atoms with Gasteiger partial charge in [-0.3, -0.25) is 9.55 Å². The Morgan fingerprint density at radius 3 is 2.66 bits per heavy atom. The second-order valence-electron chi connectivity index (χ2n) is 7.09. The second-order valence-corrected chi connectivity index (χ2v) is 7.09. The number of fused-ring (bicyclic) bond motifs is 1. The van der Waals surface area contributed by atoms with E-state index in [9.17, 15) is 0 Å². The minimum Gasteiger partial charge on any atom is -0.368 e. The van der Waals surface area contributed by atoms with Gasteiger partial charge in [-0.05, 0) is 36.8 Å². The lowest BCUT2D eigenvalue weighted by Gasteiger charge is -2.29. The number of anilines is 3. The zero-order chi connectivity index (χ0) is 19.6. The molecule has 0 bridgehead atoms. The molecule has 8 nitrogen and oxygen atoms in total. The van der Waals surface area contributed by atoms with Crippen molar-refractivity contribution in [3.8, 4) is 5.69 Å². The van der Waals surface area contributed by atoms with E-state index < -0.39 is 0 Å². The standard InChI is InChI=1S/C21H22N8/c1-15-14-29(17-3-2-6-23-11-17)20-18(15)13-25-21(27-20)26-19-5-4-16(12-24-19)28-9-7-22-8-10-28/h2-6,11-14,22H,7-10H2,1H3,(H,24,25,26,27). The molecule has 5 rings (SSSR count). The van der Waals surface area contributed by atoms with E-state index in [-0.39, 0.29) is 0 Å². The Morgan fingerprint density at radius 2 is 1.90 bits per heavy atom. The number of aryl methyl sites for hydroxylation is 1. The van der Waals surface area contributed by atoms with Crippen LogP contribution in [0.1, 0.15) is 5.56 Å². The molecule has 1 aliphatic rings. The summed E-state index contributed by atoms with van der Waals surface area (Å²) in [5.74, 6) is 1.24. The van der Waals surface area contributed by atoms with Crippen molar-refractivity contribution in [2.45, 2.75) is 6.92 Å². The summed E-state index contributed by atoms with van der Waals surface area (Å²) in [5.41, 5.74) is 4.06. The van der Waals surface area contributed by atoms with Crippen LogP contribution < -0.4 is 15.5 Å². The molecule has 1 saturated heterocycles. The molecule has 8 heteroatoms. The maximum Gasteiger partial charge on any atom is 0.230 e. The molecule has 1 fully saturated rings. The van der Waals surface area contributed by atoms with Gasteiger partial charge in [0.15, 0.2) is 0 Å². The van der Waals surface area contributed by atoms with Crippen LogP contribution >= 0.6 is 0 Å². The Bertz CT molecular complexity index is 1110. The fourth-order valence-electron chi connectivity index (χ4n) is 3.60. The van der Waals surface area contributed by atoms with Crippen molar-refractivity contribution in [1.82, 2.24) is 29.8 Å². The Balaban J connectivity index is 1.42. The summed E-state index contributed by atoms with van der Waals surface area (Å²) in [4.78, 5) is 20.3. The monoisotopic (exact) mass is 386 g/mol. The minimum atomic E-state index is 0.517. The van der Waals surface area contributed by atoms with Crippen molar-refractivity contribution in [2.75, 3.05) is 36.4 Å². The van der Waals surface area contributed by atoms with Gasteiger partial charge >= 0.3 is 0 Å². The highest BCUT2D eigenvalue weighted by atomic mass is 15.2. The third-order valence-electron chi connectivity index (χ3n) is 5.14. The van der Waals surface area contributed by atoms with Crippen molar-refractivity contribution in [3.63, 3.8) is 0 Å². The first-order chi connectivity index (χ1) is 14.3. The van der Waals surface area contributed by atoms with Crippen molar-refractivity contribution in [3.05, 3.63) is 60.8 Å². The van der Waals surface area contributed by atoms with Crippen LogP contribution in [0.4, 0.5) is 17.5 Å². The maximum atomic E-state index is 4.73. The van der Waals surface area contributed by atoms with E-state index in [2.05, 4.69) is 49.7 Å². The highest BCUT2D eigenvalue weighted by molar-refractivity contribution is 5.82. The molecular formula is C21H22N8. The summed E-state index contributed by atoms with van der Waals surface area (Å²) in [6.07, 6.45) is 9.39. The molecule has 2 N–H and O–H groups in total. The summed E-state index contributed by atoms with van der Waals surface area (Å²) >= 11 is 0. The number of aromatic nitrogens is 5. The molecule has 0 aromatic carbocycles. The maximum absolute atomic E-state index is 4.73. The topological polar surface area (TPSA) is 83.8 Å². The third-order valence-corrected chi connectivity index (χ3v) is 5.14. The summed E-state index contributed by atoms with van der Waals surface area (Å²) in [6, 6.07) is 7.98. The van der Waals surface area contributed by atoms with Crippen LogP contribution in [-0.4, -0.2) is 50.7 Å². The number of hydrogen-bond acceptors (Lipinski definition) is 7. The van der Waals surface area contributed by atoms with Crippen LogP contribution in [0, 0.1) is 6.92 Å². The summed E-state index contributed by atoms with van der Waals surface area (Å²) < 4.78 is 2.03. The molecule has 0 amide bonds. The van der Waals surface area contributed by atoms with Crippen LogP contribution in [0.5, 0.6) is 0 Å². The van der Waals surface area contributed by atoms with Gasteiger partial charge in [0.2, 0.25) is 5.95 Å². The van der Waals surface area contributed by atoms with E-state index in [4.69, 9.17) is 4.98 Å². The molecule has 0 aliphatic carbocycles. The Morgan fingerprint density at radius 1 is 1.00 bits per heavy atom. The normalized spacial score (nSPS) is 14.3. The van der Waals surface area contributed by atoms with E-state index in [1.807, 2.05) is 41.4 Å². The van der Waals surface area contributed by atoms with Crippen LogP contribution in [0.3, 0.4) is 0 Å². The molecule has 0 saturated carbocycles. The molecule has 29 heavy (non-hydrogen) atoms. The van der Waals surface area contributed by atoms with Gasteiger partial charge in [0.05, 0.1) is 23.8 Å². The average Bonchev–Trinajstić information content (AvgIpc) is 3.11. The van der Waals surface area contributed by atoms with Crippen LogP contribution in [-0.2, 0) is 0 Å². The lowest BCUT2D eigenvalue weighted by molar-refractivity contribution is 0.589. The SMILES string of the molecule is Cc1cn(-c2cccnc2)c2nc(Nc3ccc(N4CCNCC4)cn3)ncc12. The first-order valence-corrected chi connectivity index (χ1v) is 9.72. The third kappa shape index (κ3) is 3.50. The molecule has 0 atom stereocenters. The molecule has 0 unspecified atom stereocenters. The summed E-state index contributed by atoms with van der Waals surface area (Å²) in [6.45, 7) is 6.06. The van der Waals surface area contributed by atoms with Crippen LogP contribution in [0.25, 0.3) is 16.7 Å². The number of piperazine rings is 1. The minimum absolute atomic E-state index is 0.517. The fourth-order valence-corrected chi connectivity index (χ4v) is 3.60. The van der Waals surface area contributed by atoms with Gasteiger partial charge in [-0.15, -0.1) is 0 Å². The molecule has 146 valence electrons. The Hall–Kier alpha value is -3.52. The quantitative estimate of drug-likeness (QED) is 0.558. The van der Waals surface area contributed by atoms with E-state index in [1.54, 1.807) is 6.20 Å². The first kappa shape index (κ1) is 17.6. The number of nitrogens with one attached hydrogen (secondary N) is 2. The molecule has 0 spiro atoms. The Kier molecular flexibility index (Phi) is 4.53.